The fraction of sp³-hybridized carbons (Fsp3) is 0. The number of nitrogens with zero attached hydrogens (tertiary/aromatic N) is 1. The summed E-state index contributed by atoms with van der Waals surface area (Å²) in [5, 5.41) is 21.9. The van der Waals surface area contributed by atoms with Crippen LogP contribution in [0.4, 0.5) is 15.1 Å². The number of nitrogens with one attached hydrogen (secondary N) is 1. The second-order valence-corrected chi connectivity index (χ2v) is 4.93. The zero-order chi connectivity index (χ0) is 15.6. The Morgan fingerprint density at radius 1 is 1.29 bits per heavy atom. The Hall–Kier alpha value is -2.81. The van der Waals surface area contributed by atoms with E-state index in [0.29, 0.717) is 0 Å². The molecule has 9 heteroatoms. The van der Waals surface area contributed by atoms with E-state index in [1.54, 1.807) is 0 Å². The summed E-state index contributed by atoms with van der Waals surface area (Å²) in [5.74, 6) is -2.95. The normalized spacial score (nSPS) is 10.1. The smallest absolute Gasteiger partial charge is 0.345 e. The third kappa shape index (κ3) is 3.20. The van der Waals surface area contributed by atoms with Crippen molar-refractivity contribution in [3.05, 3.63) is 56.7 Å². The van der Waals surface area contributed by atoms with Gasteiger partial charge >= 0.3 is 5.97 Å². The molecule has 0 radical (unpaired) electrons. The van der Waals surface area contributed by atoms with Crippen LogP contribution in [0.15, 0.2) is 30.3 Å². The molecule has 0 spiro atoms. The van der Waals surface area contributed by atoms with Gasteiger partial charge in [0.15, 0.2) is 0 Å². The number of aromatic carboxylic acids is 1. The molecule has 0 unspecified atom stereocenters. The summed E-state index contributed by atoms with van der Waals surface area (Å²) in [5.41, 5.74) is -0.909. The van der Waals surface area contributed by atoms with Crippen LogP contribution in [-0.2, 0) is 0 Å². The van der Waals surface area contributed by atoms with E-state index in [0.717, 1.165) is 29.5 Å². The zero-order valence-electron chi connectivity index (χ0n) is 10.2. The van der Waals surface area contributed by atoms with E-state index in [9.17, 15) is 24.1 Å². The number of amides is 1. The van der Waals surface area contributed by atoms with Crippen molar-refractivity contribution in [3.8, 4) is 0 Å². The Morgan fingerprint density at radius 3 is 2.57 bits per heavy atom. The molecule has 0 aliphatic heterocycles. The highest BCUT2D eigenvalue weighted by Gasteiger charge is 2.18. The van der Waals surface area contributed by atoms with E-state index in [-0.39, 0.29) is 9.88 Å². The maximum Gasteiger partial charge on any atom is 0.345 e. The minimum atomic E-state index is -1.15. The molecule has 7 nitrogen and oxygen atoms in total. The Bertz CT molecular complexity index is 743. The van der Waals surface area contributed by atoms with E-state index in [1.807, 2.05) is 0 Å². The minimum Gasteiger partial charge on any atom is -0.477 e. The van der Waals surface area contributed by atoms with Crippen molar-refractivity contribution in [2.45, 2.75) is 0 Å². The number of carboxylic acid groups (broad SMARTS) is 1. The van der Waals surface area contributed by atoms with Crippen LogP contribution >= 0.6 is 11.3 Å². The van der Waals surface area contributed by atoms with Gasteiger partial charge in [0.25, 0.3) is 11.6 Å². The quantitative estimate of drug-likeness (QED) is 0.666. The largest absolute Gasteiger partial charge is 0.477 e. The average molecular weight is 310 g/mol. The van der Waals surface area contributed by atoms with E-state index in [4.69, 9.17) is 5.11 Å². The summed E-state index contributed by atoms with van der Waals surface area (Å²) < 4.78 is 13.5. The van der Waals surface area contributed by atoms with Crippen molar-refractivity contribution in [2.24, 2.45) is 0 Å². The lowest BCUT2D eigenvalue weighted by molar-refractivity contribution is -0.384. The number of carbonyl (C=O) groups excluding carboxylic acids is 1. The molecule has 2 rings (SSSR count). The summed E-state index contributed by atoms with van der Waals surface area (Å²) >= 11 is 0.793. The summed E-state index contributed by atoms with van der Waals surface area (Å²) in [6.07, 6.45) is 0. The van der Waals surface area contributed by atoms with Crippen LogP contribution in [0.3, 0.4) is 0 Å². The van der Waals surface area contributed by atoms with Gasteiger partial charge in [-0.15, -0.1) is 11.3 Å². The highest BCUT2D eigenvalue weighted by molar-refractivity contribution is 7.18. The Balaban J connectivity index is 2.25. The van der Waals surface area contributed by atoms with Crippen LogP contribution in [0.2, 0.25) is 0 Å². The fourth-order valence-corrected chi connectivity index (χ4v) is 2.24. The average Bonchev–Trinajstić information content (AvgIpc) is 2.87. The fourth-order valence-electron chi connectivity index (χ4n) is 1.50. The lowest BCUT2D eigenvalue weighted by atomic mass is 10.2. The van der Waals surface area contributed by atoms with Crippen LogP contribution in [0.25, 0.3) is 0 Å². The number of thiophene rings is 1. The molecule has 0 aliphatic carbocycles. The van der Waals surface area contributed by atoms with Crippen LogP contribution in [-0.4, -0.2) is 21.9 Å². The number of rotatable bonds is 4. The number of carbonyl (C=O) groups is 2. The molecule has 0 saturated heterocycles. The van der Waals surface area contributed by atoms with Gasteiger partial charge in [-0.05, 0) is 18.2 Å². The van der Waals surface area contributed by atoms with Gasteiger partial charge in [0, 0.05) is 12.1 Å². The highest BCUT2D eigenvalue weighted by atomic mass is 32.1. The molecule has 1 amide bonds. The van der Waals surface area contributed by atoms with Gasteiger partial charge in [-0.2, -0.15) is 0 Å². The van der Waals surface area contributed by atoms with Gasteiger partial charge in [-0.25, -0.2) is 9.18 Å². The second-order valence-electron chi connectivity index (χ2n) is 3.84. The number of nitro benzene ring substituents is 1. The summed E-state index contributed by atoms with van der Waals surface area (Å²) in [6.45, 7) is 0. The summed E-state index contributed by atoms with van der Waals surface area (Å²) in [7, 11) is 0. The third-order valence-corrected chi connectivity index (χ3v) is 3.45. The predicted molar refractivity (Wildman–Crippen MR) is 72.3 cm³/mol. The van der Waals surface area contributed by atoms with Gasteiger partial charge in [0.05, 0.1) is 15.5 Å². The molecule has 108 valence electrons. The van der Waals surface area contributed by atoms with E-state index >= 15 is 0 Å². The van der Waals surface area contributed by atoms with Gasteiger partial charge in [-0.1, -0.05) is 0 Å². The van der Waals surface area contributed by atoms with Crippen LogP contribution < -0.4 is 5.32 Å². The van der Waals surface area contributed by atoms with Crippen molar-refractivity contribution in [1.82, 2.24) is 0 Å². The molecule has 0 atom stereocenters. The van der Waals surface area contributed by atoms with Crippen molar-refractivity contribution in [3.63, 3.8) is 0 Å². The van der Waals surface area contributed by atoms with Crippen molar-refractivity contribution >= 4 is 33.9 Å². The highest BCUT2D eigenvalue weighted by Crippen LogP contribution is 2.24. The summed E-state index contributed by atoms with van der Waals surface area (Å²) in [6, 6.07) is 5.22. The van der Waals surface area contributed by atoms with E-state index in [1.165, 1.54) is 12.1 Å². The molecule has 0 aliphatic rings. The number of halogens is 1. The Morgan fingerprint density at radius 2 is 2.00 bits per heavy atom. The molecule has 0 saturated carbocycles. The number of anilines is 1. The zero-order valence-corrected chi connectivity index (χ0v) is 11.0. The van der Waals surface area contributed by atoms with Crippen LogP contribution in [0.1, 0.15) is 20.0 Å². The maximum atomic E-state index is 13.5. The van der Waals surface area contributed by atoms with Gasteiger partial charge in [-0.3, -0.25) is 14.9 Å². The minimum absolute atomic E-state index is 0.00446. The number of nitro groups is 1. The Labute approximate surface area is 120 Å². The van der Waals surface area contributed by atoms with E-state index < -0.39 is 33.9 Å². The molecular formula is C12H7FN2O5S. The maximum absolute atomic E-state index is 13.5. The molecule has 1 heterocycles. The standard InChI is InChI=1S/C12H7FN2O5S/c13-8-2-1-6(15(19)20)5-7(8)11(16)14-10-4-3-9(21-10)12(17)18/h1-5H,(H,14,16)(H,17,18). The molecule has 1 aromatic carbocycles. The van der Waals surface area contributed by atoms with Gasteiger partial charge < -0.3 is 10.4 Å². The number of benzene rings is 1. The first-order chi connectivity index (χ1) is 9.88. The first-order valence-corrected chi connectivity index (χ1v) is 6.28. The first kappa shape index (κ1) is 14.6. The van der Waals surface area contributed by atoms with Gasteiger partial charge in [0.2, 0.25) is 0 Å². The molecule has 2 aromatic rings. The first-order valence-electron chi connectivity index (χ1n) is 5.47. The predicted octanol–water partition coefficient (Wildman–Crippen LogP) is 2.75. The number of hydrogen-bond acceptors (Lipinski definition) is 5. The molecule has 0 fully saturated rings. The monoisotopic (exact) mass is 310 g/mol. The lowest BCUT2D eigenvalue weighted by Crippen LogP contribution is -2.13. The molecule has 1 aromatic heterocycles. The van der Waals surface area contributed by atoms with Crippen LogP contribution in [0.5, 0.6) is 0 Å². The SMILES string of the molecule is O=C(O)c1ccc(NC(=O)c2cc([N+](=O)[O-])ccc2F)s1. The Kier molecular flexibility index (Phi) is 3.94. The second kappa shape index (κ2) is 5.67. The number of non-ortho nitro benzene ring substituents is 1. The number of hydrogen-bond donors (Lipinski definition) is 2. The molecule has 21 heavy (non-hydrogen) atoms. The molecule has 2 N–H and O–H groups in total. The molecular weight excluding hydrogens is 303 g/mol. The third-order valence-electron chi connectivity index (χ3n) is 2.46. The van der Waals surface area contributed by atoms with Gasteiger partial charge in [0.1, 0.15) is 10.7 Å². The van der Waals surface area contributed by atoms with Crippen molar-refractivity contribution in [2.75, 3.05) is 5.32 Å². The van der Waals surface area contributed by atoms with E-state index in [2.05, 4.69) is 5.32 Å². The molecule has 0 bridgehead atoms. The lowest BCUT2D eigenvalue weighted by Gasteiger charge is -2.03. The van der Waals surface area contributed by atoms with Crippen molar-refractivity contribution < 1.29 is 24.0 Å². The van der Waals surface area contributed by atoms with Crippen molar-refractivity contribution in [1.29, 1.82) is 0 Å². The van der Waals surface area contributed by atoms with Crippen LogP contribution in [0, 0.1) is 15.9 Å². The summed E-state index contributed by atoms with van der Waals surface area (Å²) in [4.78, 5) is 32.5. The number of carboxylic acids is 1. The topological polar surface area (TPSA) is 110 Å².